The number of benzene rings is 1. The minimum absolute atomic E-state index is 1.23. The van der Waals surface area contributed by atoms with Crippen molar-refractivity contribution < 1.29 is 0 Å². The summed E-state index contributed by atoms with van der Waals surface area (Å²) in [6.07, 6.45) is 13.4. The van der Waals surface area contributed by atoms with Crippen LogP contribution in [0.4, 0.5) is 0 Å². The van der Waals surface area contributed by atoms with Gasteiger partial charge in [0.15, 0.2) is 0 Å². The Labute approximate surface area is 101 Å². The second-order valence-electron chi connectivity index (χ2n) is 4.52. The fourth-order valence-electron chi connectivity index (χ4n) is 1.96. The Morgan fingerprint density at radius 2 is 1.44 bits per heavy atom. The van der Waals surface area contributed by atoms with Gasteiger partial charge in [-0.15, -0.1) is 0 Å². The van der Waals surface area contributed by atoms with Crippen LogP contribution in [0.25, 0.3) is 0 Å². The Bertz CT molecular complexity index is 237. The number of hydrogen-bond donors (Lipinski definition) is 0. The lowest BCUT2D eigenvalue weighted by atomic mass is 10.0. The molecule has 0 N–H and O–H groups in total. The third-order valence-corrected chi connectivity index (χ3v) is 2.99. The highest BCUT2D eigenvalue weighted by Crippen LogP contribution is 2.12. The normalized spacial score (nSPS) is 10.6. The van der Waals surface area contributed by atoms with E-state index in [2.05, 4.69) is 43.7 Å². The van der Waals surface area contributed by atoms with E-state index >= 15 is 0 Å². The van der Waals surface area contributed by atoms with Gasteiger partial charge in [0.05, 0.1) is 0 Å². The molecule has 0 heteroatoms. The van der Waals surface area contributed by atoms with Gasteiger partial charge in [-0.25, -0.2) is 0 Å². The van der Waals surface area contributed by atoms with Gasteiger partial charge in [0.25, 0.3) is 0 Å². The summed E-state index contributed by atoms with van der Waals surface area (Å²) < 4.78 is 0. The molecule has 1 aromatic carbocycles. The molecule has 1 rings (SSSR count). The molecule has 0 bridgehead atoms. The maximum absolute atomic E-state index is 2.35. The first kappa shape index (κ1) is 13.3. The Hall–Kier alpha value is -0.780. The molecule has 0 aliphatic heterocycles. The molecule has 16 heavy (non-hydrogen) atoms. The molecule has 1 aromatic rings. The van der Waals surface area contributed by atoms with E-state index in [0.717, 1.165) is 0 Å². The summed E-state index contributed by atoms with van der Waals surface area (Å²) in [5, 5.41) is 0. The molecule has 89 valence electrons. The lowest BCUT2D eigenvalue weighted by Crippen LogP contribution is -1.83. The van der Waals surface area contributed by atoms with Crippen molar-refractivity contribution >= 4 is 0 Å². The van der Waals surface area contributed by atoms with E-state index < -0.39 is 0 Å². The van der Waals surface area contributed by atoms with Gasteiger partial charge in [-0.05, 0) is 18.4 Å². The first-order chi connectivity index (χ1) is 7.93. The van der Waals surface area contributed by atoms with Gasteiger partial charge in [-0.2, -0.15) is 0 Å². The number of hydrogen-bond acceptors (Lipinski definition) is 0. The third-order valence-electron chi connectivity index (χ3n) is 2.99. The van der Waals surface area contributed by atoms with Crippen molar-refractivity contribution in [3.8, 4) is 0 Å². The molecule has 0 atom stereocenters. The van der Waals surface area contributed by atoms with Crippen molar-refractivity contribution in [2.24, 2.45) is 0 Å². The molecule has 0 saturated carbocycles. The van der Waals surface area contributed by atoms with Crippen LogP contribution in [0, 0.1) is 6.42 Å². The monoisotopic (exact) mass is 217 g/mol. The summed E-state index contributed by atoms with van der Waals surface area (Å²) in [7, 11) is 0. The highest BCUT2D eigenvalue weighted by molar-refractivity contribution is 5.21. The van der Waals surface area contributed by atoms with Gasteiger partial charge in [0, 0.05) is 0 Å². The first-order valence-electron chi connectivity index (χ1n) is 6.81. The van der Waals surface area contributed by atoms with Gasteiger partial charge < -0.3 is 0 Å². The van der Waals surface area contributed by atoms with Crippen molar-refractivity contribution in [2.45, 2.75) is 58.3 Å². The summed E-state index contributed by atoms with van der Waals surface area (Å²) in [6.45, 7) is 2.27. The van der Waals surface area contributed by atoms with Crippen LogP contribution in [0.1, 0.15) is 63.9 Å². The summed E-state index contributed by atoms with van der Waals surface area (Å²) in [5.74, 6) is 0. The summed E-state index contributed by atoms with van der Waals surface area (Å²) in [6, 6.07) is 10.7. The van der Waals surface area contributed by atoms with Gasteiger partial charge in [0.2, 0.25) is 0 Å². The van der Waals surface area contributed by atoms with Crippen LogP contribution in [0.5, 0.6) is 0 Å². The number of rotatable bonds is 9. The van der Waals surface area contributed by atoms with Crippen molar-refractivity contribution in [1.82, 2.24) is 0 Å². The highest BCUT2D eigenvalue weighted by atomic mass is 14.0. The Balaban J connectivity index is 1.89. The average Bonchev–Trinajstić information content (AvgIpc) is 2.34. The Morgan fingerprint density at radius 3 is 2.12 bits per heavy atom. The van der Waals surface area contributed by atoms with Gasteiger partial charge in [0.1, 0.15) is 0 Å². The van der Waals surface area contributed by atoms with E-state index in [1.54, 1.807) is 0 Å². The molecule has 0 saturated heterocycles. The van der Waals surface area contributed by atoms with Crippen molar-refractivity contribution in [3.63, 3.8) is 0 Å². The predicted octanol–water partition coefficient (Wildman–Crippen LogP) is 5.38. The standard InChI is InChI=1S/C16H25/c1-2-3-4-5-6-7-8-10-13-16-14-11-9-12-15-16/h9,11-15H,2-8,10H2,1H3. The molecule has 0 aliphatic rings. The molecule has 0 aliphatic carbocycles. The Morgan fingerprint density at radius 1 is 0.812 bits per heavy atom. The zero-order chi connectivity index (χ0) is 11.5. The lowest BCUT2D eigenvalue weighted by molar-refractivity contribution is 0.589. The lowest BCUT2D eigenvalue weighted by Gasteiger charge is -2.01. The van der Waals surface area contributed by atoms with E-state index in [1.165, 1.54) is 56.9 Å². The second-order valence-corrected chi connectivity index (χ2v) is 4.52. The zero-order valence-electron chi connectivity index (χ0n) is 10.6. The van der Waals surface area contributed by atoms with Crippen LogP contribution in [0.3, 0.4) is 0 Å². The minimum atomic E-state index is 1.23. The van der Waals surface area contributed by atoms with E-state index in [-0.39, 0.29) is 0 Å². The van der Waals surface area contributed by atoms with Crippen molar-refractivity contribution in [3.05, 3.63) is 42.3 Å². The minimum Gasteiger partial charge on any atom is -0.0654 e. The zero-order valence-corrected chi connectivity index (χ0v) is 10.6. The largest absolute Gasteiger partial charge is 0.0654 e. The van der Waals surface area contributed by atoms with Crippen LogP contribution in [-0.2, 0) is 0 Å². The van der Waals surface area contributed by atoms with Crippen LogP contribution in [0.15, 0.2) is 30.3 Å². The quantitative estimate of drug-likeness (QED) is 0.487. The van der Waals surface area contributed by atoms with E-state index in [4.69, 9.17) is 0 Å². The van der Waals surface area contributed by atoms with Gasteiger partial charge in [-0.1, -0.05) is 82.2 Å². The molecule has 1 radical (unpaired) electrons. The Kier molecular flexibility index (Phi) is 7.84. The molecule has 0 amide bonds. The molecule has 0 aromatic heterocycles. The maximum Gasteiger partial charge on any atom is -0.00931 e. The molecule has 0 spiro atoms. The molecule has 0 nitrogen and oxygen atoms in total. The third kappa shape index (κ3) is 6.66. The van der Waals surface area contributed by atoms with E-state index in [9.17, 15) is 0 Å². The van der Waals surface area contributed by atoms with Gasteiger partial charge in [-0.3, -0.25) is 0 Å². The summed E-state index contributed by atoms with van der Waals surface area (Å²) in [4.78, 5) is 0. The fraction of sp³-hybridized carbons (Fsp3) is 0.562. The molecule has 0 heterocycles. The van der Waals surface area contributed by atoms with Crippen LogP contribution in [-0.4, -0.2) is 0 Å². The SMILES string of the molecule is CCCCCCCCC[CH]c1ccccc1. The van der Waals surface area contributed by atoms with Crippen LogP contribution >= 0.6 is 0 Å². The van der Waals surface area contributed by atoms with Crippen molar-refractivity contribution in [1.29, 1.82) is 0 Å². The summed E-state index contributed by atoms with van der Waals surface area (Å²) in [5.41, 5.74) is 1.37. The molecular formula is C16H25. The maximum atomic E-state index is 2.35. The second kappa shape index (κ2) is 9.45. The highest BCUT2D eigenvalue weighted by Gasteiger charge is 1.93. The predicted molar refractivity (Wildman–Crippen MR) is 72.5 cm³/mol. The summed E-state index contributed by atoms with van der Waals surface area (Å²) >= 11 is 0. The van der Waals surface area contributed by atoms with E-state index in [0.29, 0.717) is 0 Å². The fourth-order valence-corrected chi connectivity index (χ4v) is 1.96. The molecule has 0 fully saturated rings. The van der Waals surface area contributed by atoms with Crippen LogP contribution < -0.4 is 0 Å². The average molecular weight is 217 g/mol. The molecule has 0 unspecified atom stereocenters. The van der Waals surface area contributed by atoms with Crippen molar-refractivity contribution in [2.75, 3.05) is 0 Å². The van der Waals surface area contributed by atoms with Crippen LogP contribution in [0.2, 0.25) is 0 Å². The number of unbranched alkanes of at least 4 members (excludes halogenated alkanes) is 7. The van der Waals surface area contributed by atoms with E-state index in [1.807, 2.05) is 0 Å². The smallest absolute Gasteiger partial charge is 0.00931 e. The topological polar surface area (TPSA) is 0 Å². The first-order valence-corrected chi connectivity index (χ1v) is 6.81. The molecular weight excluding hydrogens is 192 g/mol. The van der Waals surface area contributed by atoms with Gasteiger partial charge >= 0.3 is 0 Å².